The summed E-state index contributed by atoms with van der Waals surface area (Å²) in [5.74, 6) is -1.41. The van der Waals surface area contributed by atoms with E-state index in [9.17, 15) is 14.7 Å². The summed E-state index contributed by atoms with van der Waals surface area (Å²) in [5, 5.41) is 12.0. The monoisotopic (exact) mass is 279 g/mol. The fourth-order valence-corrected chi connectivity index (χ4v) is 2.04. The van der Waals surface area contributed by atoms with Crippen molar-refractivity contribution in [2.75, 3.05) is 20.3 Å². The Morgan fingerprint density at radius 1 is 1.15 bits per heavy atom. The van der Waals surface area contributed by atoms with Crippen molar-refractivity contribution in [3.63, 3.8) is 0 Å². The molecule has 110 valence electrons. The highest BCUT2D eigenvalue weighted by molar-refractivity contribution is 6.06. The predicted octanol–water partition coefficient (Wildman–Crippen LogP) is 2.16. The first kappa shape index (κ1) is 16.2. The highest BCUT2D eigenvalue weighted by Gasteiger charge is 2.20. The summed E-state index contributed by atoms with van der Waals surface area (Å²) in [5.41, 5.74) is 1.60. The Morgan fingerprint density at radius 2 is 1.75 bits per heavy atom. The number of carboxylic acid groups (broad SMARTS) is 1. The minimum absolute atomic E-state index is 0.0828. The third kappa shape index (κ3) is 4.06. The maximum absolute atomic E-state index is 12.2. The number of carbonyl (C=O) groups is 2. The van der Waals surface area contributed by atoms with Crippen LogP contribution in [0.15, 0.2) is 12.1 Å². The number of unbranched alkanes of at least 4 members (excludes halogenated alkanes) is 1. The van der Waals surface area contributed by atoms with Gasteiger partial charge in [0.1, 0.15) is 0 Å². The molecule has 0 bridgehead atoms. The highest BCUT2D eigenvalue weighted by Crippen LogP contribution is 2.18. The van der Waals surface area contributed by atoms with E-state index in [1.165, 1.54) is 0 Å². The van der Waals surface area contributed by atoms with Crippen molar-refractivity contribution in [3.05, 3.63) is 34.4 Å². The van der Waals surface area contributed by atoms with E-state index < -0.39 is 5.97 Å². The van der Waals surface area contributed by atoms with Crippen LogP contribution in [0, 0.1) is 13.8 Å². The van der Waals surface area contributed by atoms with Crippen LogP contribution in [0.5, 0.6) is 0 Å². The average molecular weight is 279 g/mol. The quantitative estimate of drug-likeness (QED) is 0.750. The van der Waals surface area contributed by atoms with Gasteiger partial charge in [0, 0.05) is 20.3 Å². The Labute approximate surface area is 118 Å². The van der Waals surface area contributed by atoms with E-state index in [4.69, 9.17) is 4.74 Å². The molecule has 2 N–H and O–H groups in total. The third-order valence-corrected chi connectivity index (χ3v) is 3.12. The van der Waals surface area contributed by atoms with E-state index in [0.29, 0.717) is 24.3 Å². The second-order valence-corrected chi connectivity index (χ2v) is 4.71. The highest BCUT2D eigenvalue weighted by atomic mass is 16.5. The molecule has 0 heterocycles. The van der Waals surface area contributed by atoms with Crippen molar-refractivity contribution in [2.45, 2.75) is 26.7 Å². The van der Waals surface area contributed by atoms with Crippen LogP contribution >= 0.6 is 0 Å². The van der Waals surface area contributed by atoms with Gasteiger partial charge in [0.25, 0.3) is 5.91 Å². The molecule has 0 aromatic heterocycles. The lowest BCUT2D eigenvalue weighted by Crippen LogP contribution is -2.27. The molecule has 1 amide bonds. The minimum Gasteiger partial charge on any atom is -0.478 e. The number of hydrogen-bond donors (Lipinski definition) is 2. The Balaban J connectivity index is 2.82. The molecule has 1 aromatic carbocycles. The van der Waals surface area contributed by atoms with Gasteiger partial charge in [0.2, 0.25) is 0 Å². The van der Waals surface area contributed by atoms with Crippen LogP contribution in [0.1, 0.15) is 44.7 Å². The summed E-state index contributed by atoms with van der Waals surface area (Å²) >= 11 is 0. The first-order valence-electron chi connectivity index (χ1n) is 6.59. The van der Waals surface area contributed by atoms with Gasteiger partial charge in [-0.3, -0.25) is 4.79 Å². The van der Waals surface area contributed by atoms with E-state index in [0.717, 1.165) is 12.8 Å². The standard InChI is InChI=1S/C15H21NO4/c1-10-6-7-11(2)13(15(18)19)12(10)14(17)16-8-4-5-9-20-3/h6-7H,4-5,8-9H2,1-3H3,(H,16,17)(H,18,19). The fraction of sp³-hybridized carbons (Fsp3) is 0.467. The van der Waals surface area contributed by atoms with E-state index in [2.05, 4.69) is 5.32 Å². The van der Waals surface area contributed by atoms with Crippen LogP contribution in [0.3, 0.4) is 0 Å². The summed E-state index contributed by atoms with van der Waals surface area (Å²) in [7, 11) is 1.63. The lowest BCUT2D eigenvalue weighted by atomic mass is 9.96. The fourth-order valence-electron chi connectivity index (χ4n) is 2.04. The molecule has 0 saturated heterocycles. The second-order valence-electron chi connectivity index (χ2n) is 4.71. The molecule has 0 aliphatic heterocycles. The van der Waals surface area contributed by atoms with Gasteiger partial charge in [-0.1, -0.05) is 12.1 Å². The molecule has 5 heteroatoms. The molecule has 0 saturated carbocycles. The lowest BCUT2D eigenvalue weighted by molar-refractivity contribution is 0.0690. The number of methoxy groups -OCH3 is 1. The molecule has 0 spiro atoms. The van der Waals surface area contributed by atoms with Gasteiger partial charge >= 0.3 is 5.97 Å². The van der Waals surface area contributed by atoms with Crippen molar-refractivity contribution in [1.29, 1.82) is 0 Å². The molecule has 0 unspecified atom stereocenters. The van der Waals surface area contributed by atoms with Crippen LogP contribution in [-0.2, 0) is 4.74 Å². The van der Waals surface area contributed by atoms with Gasteiger partial charge in [0.15, 0.2) is 0 Å². The van der Waals surface area contributed by atoms with E-state index in [1.807, 2.05) is 0 Å². The van der Waals surface area contributed by atoms with Crippen LogP contribution in [0.25, 0.3) is 0 Å². The number of aryl methyl sites for hydroxylation is 2. The maximum Gasteiger partial charge on any atom is 0.336 e. The SMILES string of the molecule is COCCCCNC(=O)c1c(C)ccc(C)c1C(=O)O. The summed E-state index contributed by atoms with van der Waals surface area (Å²) in [6.45, 7) is 4.60. The minimum atomic E-state index is -1.07. The Hall–Kier alpha value is -1.88. The van der Waals surface area contributed by atoms with Crippen molar-refractivity contribution in [1.82, 2.24) is 5.32 Å². The third-order valence-electron chi connectivity index (χ3n) is 3.12. The molecule has 0 radical (unpaired) electrons. The van der Waals surface area contributed by atoms with Crippen molar-refractivity contribution < 1.29 is 19.4 Å². The van der Waals surface area contributed by atoms with Gasteiger partial charge < -0.3 is 15.2 Å². The zero-order valence-electron chi connectivity index (χ0n) is 12.2. The predicted molar refractivity (Wildman–Crippen MR) is 76.3 cm³/mol. The number of aromatic carboxylic acids is 1. The molecule has 0 fully saturated rings. The molecule has 5 nitrogen and oxygen atoms in total. The molecular formula is C15H21NO4. The van der Waals surface area contributed by atoms with E-state index in [-0.39, 0.29) is 17.0 Å². The zero-order valence-corrected chi connectivity index (χ0v) is 12.2. The molecule has 0 atom stereocenters. The van der Waals surface area contributed by atoms with Crippen LogP contribution in [-0.4, -0.2) is 37.2 Å². The first-order valence-corrected chi connectivity index (χ1v) is 6.59. The summed E-state index contributed by atoms with van der Waals surface area (Å²) in [4.78, 5) is 23.5. The number of nitrogens with one attached hydrogen (secondary N) is 1. The Bertz CT molecular complexity index is 497. The van der Waals surface area contributed by atoms with Crippen molar-refractivity contribution >= 4 is 11.9 Å². The number of ether oxygens (including phenoxy) is 1. The van der Waals surface area contributed by atoms with Crippen LogP contribution < -0.4 is 5.32 Å². The molecule has 1 rings (SSSR count). The van der Waals surface area contributed by atoms with Crippen molar-refractivity contribution in [3.8, 4) is 0 Å². The molecule has 0 aliphatic carbocycles. The van der Waals surface area contributed by atoms with E-state index in [1.54, 1.807) is 33.1 Å². The zero-order chi connectivity index (χ0) is 15.1. The van der Waals surface area contributed by atoms with Gasteiger partial charge in [0.05, 0.1) is 11.1 Å². The molecule has 0 aliphatic rings. The molecular weight excluding hydrogens is 258 g/mol. The Morgan fingerprint density at radius 3 is 2.30 bits per heavy atom. The Kier molecular flexibility index (Phi) is 6.18. The molecule has 1 aromatic rings. The summed E-state index contributed by atoms with van der Waals surface area (Å²) < 4.78 is 4.93. The van der Waals surface area contributed by atoms with Crippen LogP contribution in [0.2, 0.25) is 0 Å². The topological polar surface area (TPSA) is 75.6 Å². The van der Waals surface area contributed by atoms with Crippen molar-refractivity contribution in [2.24, 2.45) is 0 Å². The number of amides is 1. The summed E-state index contributed by atoms with van der Waals surface area (Å²) in [6.07, 6.45) is 1.65. The number of benzene rings is 1. The normalized spacial score (nSPS) is 10.3. The largest absolute Gasteiger partial charge is 0.478 e. The van der Waals surface area contributed by atoms with Gasteiger partial charge in [-0.05, 0) is 37.8 Å². The smallest absolute Gasteiger partial charge is 0.336 e. The second kappa shape index (κ2) is 7.65. The van der Waals surface area contributed by atoms with Gasteiger partial charge in [-0.25, -0.2) is 4.79 Å². The number of rotatable bonds is 7. The number of carboxylic acids is 1. The van der Waals surface area contributed by atoms with E-state index >= 15 is 0 Å². The van der Waals surface area contributed by atoms with Gasteiger partial charge in [-0.15, -0.1) is 0 Å². The first-order chi connectivity index (χ1) is 9.49. The lowest BCUT2D eigenvalue weighted by Gasteiger charge is -2.12. The molecule has 20 heavy (non-hydrogen) atoms. The average Bonchev–Trinajstić information content (AvgIpc) is 2.40. The number of hydrogen-bond acceptors (Lipinski definition) is 3. The summed E-state index contributed by atoms with van der Waals surface area (Å²) in [6, 6.07) is 3.48. The maximum atomic E-state index is 12.2. The van der Waals surface area contributed by atoms with Gasteiger partial charge in [-0.2, -0.15) is 0 Å². The number of carbonyl (C=O) groups excluding carboxylic acids is 1. The van der Waals surface area contributed by atoms with Crippen LogP contribution in [0.4, 0.5) is 0 Å².